The van der Waals surface area contributed by atoms with E-state index in [1.54, 1.807) is 12.1 Å². The van der Waals surface area contributed by atoms with Crippen LogP contribution in [0, 0.1) is 12.7 Å². The van der Waals surface area contributed by atoms with E-state index in [1.165, 1.54) is 24.3 Å². The van der Waals surface area contributed by atoms with E-state index in [4.69, 9.17) is 5.11 Å². The van der Waals surface area contributed by atoms with Gasteiger partial charge in [0.25, 0.3) is 0 Å². The van der Waals surface area contributed by atoms with Gasteiger partial charge >= 0.3 is 11.9 Å². The molecule has 2 aromatic rings. The SMILES string of the molecule is CCCc1cc(C)cc(CC(=O)OC)c1.CCc1cccc(CC(=O)OCO)c1F. The van der Waals surface area contributed by atoms with Gasteiger partial charge in [0.2, 0.25) is 0 Å². The Balaban J connectivity index is 0.000000300. The zero-order chi connectivity index (χ0) is 22.5. The number of esters is 2. The monoisotopic (exact) mass is 418 g/mol. The number of carbonyl (C=O) groups excluding carboxylic acids is 2. The Bertz CT molecular complexity index is 832. The average molecular weight is 419 g/mol. The standard InChI is InChI=1S/C13H18O2.C11H13FO3/c1-4-5-11-6-10(2)7-12(8-11)9-13(14)15-3;1-2-8-4-3-5-9(11(8)12)6-10(14)15-7-13/h6-8H,4-5,9H2,1-3H3;3-5,13H,2,6-7H2,1H3. The number of methoxy groups -OCH3 is 1. The first-order chi connectivity index (χ1) is 14.3. The second kappa shape index (κ2) is 13.5. The fourth-order valence-electron chi connectivity index (χ4n) is 3.04. The molecule has 0 saturated carbocycles. The summed E-state index contributed by atoms with van der Waals surface area (Å²) >= 11 is 0. The third-order valence-corrected chi connectivity index (χ3v) is 4.41. The molecular weight excluding hydrogens is 387 g/mol. The van der Waals surface area contributed by atoms with Crippen molar-refractivity contribution in [3.05, 3.63) is 70.0 Å². The lowest BCUT2D eigenvalue weighted by Gasteiger charge is -2.06. The molecule has 30 heavy (non-hydrogen) atoms. The van der Waals surface area contributed by atoms with Gasteiger partial charge in [-0.15, -0.1) is 0 Å². The summed E-state index contributed by atoms with van der Waals surface area (Å²) in [4.78, 5) is 22.2. The lowest BCUT2D eigenvalue weighted by atomic mass is 10.0. The van der Waals surface area contributed by atoms with E-state index in [2.05, 4.69) is 35.5 Å². The molecule has 6 heteroatoms. The molecule has 5 nitrogen and oxygen atoms in total. The highest BCUT2D eigenvalue weighted by Crippen LogP contribution is 2.14. The maximum atomic E-state index is 13.6. The highest BCUT2D eigenvalue weighted by atomic mass is 19.1. The van der Waals surface area contributed by atoms with Gasteiger partial charge in [0.1, 0.15) is 5.82 Å². The summed E-state index contributed by atoms with van der Waals surface area (Å²) in [5, 5.41) is 8.35. The van der Waals surface area contributed by atoms with Crippen LogP contribution in [0.3, 0.4) is 0 Å². The smallest absolute Gasteiger partial charge is 0.312 e. The molecule has 0 amide bonds. The second-order valence-electron chi connectivity index (χ2n) is 6.90. The molecule has 1 N–H and O–H groups in total. The number of aliphatic hydroxyl groups excluding tert-OH is 1. The minimum Gasteiger partial charge on any atom is -0.469 e. The zero-order valence-electron chi connectivity index (χ0n) is 18.2. The number of carbonyl (C=O) groups is 2. The van der Waals surface area contributed by atoms with Crippen LogP contribution < -0.4 is 0 Å². The molecule has 0 saturated heterocycles. The molecule has 0 atom stereocenters. The number of aliphatic hydroxyl groups is 1. The van der Waals surface area contributed by atoms with E-state index < -0.39 is 12.8 Å². The number of aryl methyl sites for hydroxylation is 3. The summed E-state index contributed by atoms with van der Waals surface area (Å²) in [6, 6.07) is 11.2. The molecule has 0 radical (unpaired) electrons. The van der Waals surface area contributed by atoms with Gasteiger partial charge in [0.15, 0.2) is 6.79 Å². The van der Waals surface area contributed by atoms with Crippen LogP contribution in [0.5, 0.6) is 0 Å². The topological polar surface area (TPSA) is 72.8 Å². The predicted molar refractivity (Wildman–Crippen MR) is 114 cm³/mol. The molecule has 164 valence electrons. The van der Waals surface area contributed by atoms with Crippen molar-refractivity contribution in [2.45, 2.75) is 52.9 Å². The van der Waals surface area contributed by atoms with Crippen molar-refractivity contribution in [2.24, 2.45) is 0 Å². The molecule has 0 aliphatic rings. The van der Waals surface area contributed by atoms with Crippen molar-refractivity contribution >= 4 is 11.9 Å². The first-order valence-corrected chi connectivity index (χ1v) is 10.0. The van der Waals surface area contributed by atoms with E-state index >= 15 is 0 Å². The van der Waals surface area contributed by atoms with E-state index in [0.717, 1.165) is 18.4 Å². The van der Waals surface area contributed by atoms with Crippen LogP contribution in [0.15, 0.2) is 36.4 Å². The molecule has 0 aliphatic carbocycles. The Hall–Kier alpha value is -2.73. The summed E-state index contributed by atoms with van der Waals surface area (Å²) in [5.41, 5.74) is 4.43. The molecule has 0 spiro atoms. The molecule has 2 aromatic carbocycles. The van der Waals surface area contributed by atoms with Crippen LogP contribution in [-0.2, 0) is 44.7 Å². The second-order valence-corrected chi connectivity index (χ2v) is 6.90. The number of hydrogen-bond donors (Lipinski definition) is 1. The molecule has 0 aliphatic heterocycles. The summed E-state index contributed by atoms with van der Waals surface area (Å²) in [6.45, 7) is 5.38. The average Bonchev–Trinajstić information content (AvgIpc) is 2.70. The third kappa shape index (κ3) is 8.74. The van der Waals surface area contributed by atoms with Crippen LogP contribution in [0.25, 0.3) is 0 Å². The van der Waals surface area contributed by atoms with Gasteiger partial charge in [0.05, 0.1) is 20.0 Å². The van der Waals surface area contributed by atoms with Gasteiger partial charge < -0.3 is 14.6 Å². The number of benzene rings is 2. The number of hydrogen-bond acceptors (Lipinski definition) is 5. The normalized spacial score (nSPS) is 10.1. The van der Waals surface area contributed by atoms with Crippen molar-refractivity contribution < 1.29 is 28.6 Å². The molecule has 0 fully saturated rings. The lowest BCUT2D eigenvalue weighted by Crippen LogP contribution is -2.10. The summed E-state index contributed by atoms with van der Waals surface area (Å²) in [7, 11) is 1.42. The summed E-state index contributed by atoms with van der Waals surface area (Å²) in [6.07, 6.45) is 2.99. The maximum absolute atomic E-state index is 13.6. The molecular formula is C24H31FO5. The number of halogens is 1. The van der Waals surface area contributed by atoms with Gasteiger partial charge in [-0.05, 0) is 42.0 Å². The predicted octanol–water partition coefficient (Wildman–Crippen LogP) is 4.09. The maximum Gasteiger partial charge on any atom is 0.312 e. The van der Waals surface area contributed by atoms with E-state index in [9.17, 15) is 14.0 Å². The van der Waals surface area contributed by atoms with Crippen LogP contribution in [-0.4, -0.2) is 30.9 Å². The Morgan fingerprint density at radius 2 is 1.67 bits per heavy atom. The highest BCUT2D eigenvalue weighted by molar-refractivity contribution is 5.73. The largest absolute Gasteiger partial charge is 0.469 e. The fraction of sp³-hybridized carbons (Fsp3) is 0.417. The van der Waals surface area contributed by atoms with Crippen molar-refractivity contribution in [3.8, 4) is 0 Å². The molecule has 0 aromatic heterocycles. The minimum absolute atomic E-state index is 0.153. The fourth-order valence-corrected chi connectivity index (χ4v) is 3.04. The van der Waals surface area contributed by atoms with Gasteiger partial charge in [-0.1, -0.05) is 62.2 Å². The summed E-state index contributed by atoms with van der Waals surface area (Å²) in [5.74, 6) is -1.18. The Morgan fingerprint density at radius 3 is 2.27 bits per heavy atom. The Labute approximate surface area is 177 Å². The molecule has 0 unspecified atom stereocenters. The zero-order valence-corrected chi connectivity index (χ0v) is 18.2. The highest BCUT2D eigenvalue weighted by Gasteiger charge is 2.11. The lowest BCUT2D eigenvalue weighted by molar-refractivity contribution is -0.151. The van der Waals surface area contributed by atoms with E-state index in [-0.39, 0.29) is 18.2 Å². The number of ether oxygens (including phenoxy) is 2. The first-order valence-electron chi connectivity index (χ1n) is 10.0. The molecule has 2 rings (SSSR count). The summed E-state index contributed by atoms with van der Waals surface area (Å²) < 4.78 is 22.6. The Morgan fingerprint density at radius 1 is 1.00 bits per heavy atom. The van der Waals surface area contributed by atoms with Gasteiger partial charge in [-0.3, -0.25) is 9.59 Å². The molecule has 0 heterocycles. The van der Waals surface area contributed by atoms with Crippen LogP contribution in [0.4, 0.5) is 4.39 Å². The first kappa shape index (κ1) is 25.3. The third-order valence-electron chi connectivity index (χ3n) is 4.41. The minimum atomic E-state index is -0.673. The van der Waals surface area contributed by atoms with Gasteiger partial charge in [-0.2, -0.15) is 0 Å². The number of rotatable bonds is 8. The van der Waals surface area contributed by atoms with Gasteiger partial charge in [-0.25, -0.2) is 4.39 Å². The van der Waals surface area contributed by atoms with Crippen molar-refractivity contribution in [2.75, 3.05) is 13.9 Å². The van der Waals surface area contributed by atoms with E-state index in [0.29, 0.717) is 24.0 Å². The van der Waals surface area contributed by atoms with Crippen LogP contribution >= 0.6 is 0 Å². The van der Waals surface area contributed by atoms with Crippen molar-refractivity contribution in [3.63, 3.8) is 0 Å². The molecule has 0 bridgehead atoms. The van der Waals surface area contributed by atoms with Crippen molar-refractivity contribution in [1.29, 1.82) is 0 Å². The van der Waals surface area contributed by atoms with Crippen LogP contribution in [0.1, 0.15) is 48.1 Å². The van der Waals surface area contributed by atoms with Crippen molar-refractivity contribution in [1.82, 2.24) is 0 Å². The van der Waals surface area contributed by atoms with Gasteiger partial charge in [0, 0.05) is 0 Å². The van der Waals surface area contributed by atoms with E-state index in [1.807, 2.05) is 13.0 Å². The Kier molecular flexibility index (Phi) is 11.4. The quantitative estimate of drug-likeness (QED) is 0.516. The van der Waals surface area contributed by atoms with Crippen LogP contribution in [0.2, 0.25) is 0 Å².